The molecule has 4 heteroatoms. The first-order valence-electron chi connectivity index (χ1n) is 10.7. The van der Waals surface area contributed by atoms with Crippen LogP contribution in [-0.2, 0) is 16.6 Å². The van der Waals surface area contributed by atoms with E-state index >= 15 is 0 Å². The molecule has 0 aliphatic rings. The number of carboxylic acid groups (broad SMARTS) is 1. The van der Waals surface area contributed by atoms with Crippen LogP contribution in [0.1, 0.15) is 57.7 Å². The molecule has 0 heterocycles. The Kier molecular flexibility index (Phi) is 8.61. The number of alkyl halides is 1. The quantitative estimate of drug-likeness (QED) is 0.268. The van der Waals surface area contributed by atoms with Crippen LogP contribution in [0.15, 0.2) is 54.1 Å². The zero-order valence-corrected chi connectivity index (χ0v) is 19.2. The van der Waals surface area contributed by atoms with Crippen molar-refractivity contribution >= 4 is 12.0 Å². The molecule has 3 nitrogen and oxygen atoms in total. The molecule has 0 saturated heterocycles. The summed E-state index contributed by atoms with van der Waals surface area (Å²) >= 11 is 0. The van der Waals surface area contributed by atoms with Crippen LogP contribution < -0.4 is 4.74 Å². The highest BCUT2D eigenvalue weighted by atomic mass is 19.1. The summed E-state index contributed by atoms with van der Waals surface area (Å²) in [6.07, 6.45) is 6.13. The van der Waals surface area contributed by atoms with Crippen molar-refractivity contribution in [3.05, 3.63) is 70.8 Å². The lowest BCUT2D eigenvalue weighted by Gasteiger charge is -2.26. The molecule has 0 aliphatic carbocycles. The standard InChI is InChI=1S/C27H33FO3/c1-6-20-17-23(26(31-15-9-14-28)24(18-20)27(3,4)5)22-11-8-7-10-21(22)13-12-19(2)16-25(29)30/h7-8,10-13,16-18H,6,9,14-15H2,1-5H3,(H,29,30)/b13-12+,19-16+. The highest BCUT2D eigenvalue weighted by Gasteiger charge is 2.24. The summed E-state index contributed by atoms with van der Waals surface area (Å²) in [7, 11) is 0. The number of carbonyl (C=O) groups is 1. The lowest BCUT2D eigenvalue weighted by Crippen LogP contribution is -2.15. The fourth-order valence-electron chi connectivity index (χ4n) is 3.39. The van der Waals surface area contributed by atoms with Crippen LogP contribution in [0.25, 0.3) is 17.2 Å². The Hall–Kier alpha value is -2.88. The van der Waals surface area contributed by atoms with Gasteiger partial charge in [-0.2, -0.15) is 0 Å². The molecular formula is C27H33FO3. The minimum absolute atomic E-state index is 0.142. The van der Waals surface area contributed by atoms with Crippen LogP contribution >= 0.6 is 0 Å². The third-order valence-electron chi connectivity index (χ3n) is 5.02. The maximum atomic E-state index is 12.8. The number of carboxylic acids is 1. The second kappa shape index (κ2) is 10.9. The van der Waals surface area contributed by atoms with Crippen molar-refractivity contribution in [1.82, 2.24) is 0 Å². The monoisotopic (exact) mass is 424 g/mol. The van der Waals surface area contributed by atoms with Crippen molar-refractivity contribution in [3.63, 3.8) is 0 Å². The van der Waals surface area contributed by atoms with Crippen LogP contribution in [0.4, 0.5) is 4.39 Å². The van der Waals surface area contributed by atoms with E-state index in [2.05, 4.69) is 39.8 Å². The third kappa shape index (κ3) is 6.81. The van der Waals surface area contributed by atoms with E-state index in [4.69, 9.17) is 9.84 Å². The topological polar surface area (TPSA) is 46.5 Å². The number of hydrogen-bond donors (Lipinski definition) is 1. The van der Waals surface area contributed by atoms with Crippen LogP contribution in [0.5, 0.6) is 5.75 Å². The van der Waals surface area contributed by atoms with Gasteiger partial charge in [-0.15, -0.1) is 0 Å². The molecule has 166 valence electrons. The Balaban J connectivity index is 2.69. The molecule has 0 radical (unpaired) electrons. The van der Waals surface area contributed by atoms with Crippen molar-refractivity contribution in [2.45, 2.75) is 52.9 Å². The summed E-state index contributed by atoms with van der Waals surface area (Å²) in [5.74, 6) is -0.179. The maximum Gasteiger partial charge on any atom is 0.328 e. The van der Waals surface area contributed by atoms with E-state index in [0.717, 1.165) is 34.4 Å². The van der Waals surface area contributed by atoms with Crippen molar-refractivity contribution in [2.75, 3.05) is 13.3 Å². The second-order valence-electron chi connectivity index (χ2n) is 8.66. The van der Waals surface area contributed by atoms with Crippen LogP contribution in [0.3, 0.4) is 0 Å². The van der Waals surface area contributed by atoms with Crippen LogP contribution in [-0.4, -0.2) is 24.4 Å². The first kappa shape index (κ1) is 24.4. The van der Waals surface area contributed by atoms with Gasteiger partial charge < -0.3 is 9.84 Å². The van der Waals surface area contributed by atoms with Gasteiger partial charge in [-0.3, -0.25) is 4.39 Å². The molecule has 0 bridgehead atoms. The predicted molar refractivity (Wildman–Crippen MR) is 126 cm³/mol. The summed E-state index contributed by atoms with van der Waals surface area (Å²) in [6.45, 7) is 10.2. The molecule has 31 heavy (non-hydrogen) atoms. The van der Waals surface area contributed by atoms with E-state index in [1.54, 1.807) is 13.0 Å². The van der Waals surface area contributed by atoms with Gasteiger partial charge in [0, 0.05) is 23.6 Å². The number of hydrogen-bond acceptors (Lipinski definition) is 2. The summed E-state index contributed by atoms with van der Waals surface area (Å²) in [4.78, 5) is 10.9. The van der Waals surface area contributed by atoms with Gasteiger partial charge in [-0.25, -0.2) is 4.79 Å². The smallest absolute Gasteiger partial charge is 0.328 e. The van der Waals surface area contributed by atoms with Crippen molar-refractivity contribution in [2.24, 2.45) is 0 Å². The van der Waals surface area contributed by atoms with Gasteiger partial charge in [0.25, 0.3) is 0 Å². The molecule has 0 aromatic heterocycles. The number of ether oxygens (including phenoxy) is 1. The van der Waals surface area contributed by atoms with Crippen LogP contribution in [0.2, 0.25) is 0 Å². The van der Waals surface area contributed by atoms with E-state index < -0.39 is 12.6 Å². The summed E-state index contributed by atoms with van der Waals surface area (Å²) in [5.41, 5.74) is 5.75. The fraction of sp³-hybridized carbons (Fsp3) is 0.370. The summed E-state index contributed by atoms with van der Waals surface area (Å²) in [5, 5.41) is 8.96. The van der Waals surface area contributed by atoms with Gasteiger partial charge in [0.1, 0.15) is 5.75 Å². The summed E-state index contributed by atoms with van der Waals surface area (Å²) in [6, 6.07) is 12.3. The highest BCUT2D eigenvalue weighted by Crippen LogP contribution is 2.42. The average Bonchev–Trinajstić information content (AvgIpc) is 2.71. The van der Waals surface area contributed by atoms with E-state index in [1.165, 1.54) is 11.6 Å². The minimum Gasteiger partial charge on any atom is -0.493 e. The number of allylic oxidation sites excluding steroid dienone is 2. The highest BCUT2D eigenvalue weighted by molar-refractivity contribution is 5.83. The van der Waals surface area contributed by atoms with Gasteiger partial charge in [-0.1, -0.05) is 70.2 Å². The normalized spacial score (nSPS) is 12.4. The fourth-order valence-corrected chi connectivity index (χ4v) is 3.39. The third-order valence-corrected chi connectivity index (χ3v) is 5.02. The Morgan fingerprint density at radius 1 is 1.16 bits per heavy atom. The molecule has 0 saturated carbocycles. The minimum atomic E-state index is -0.968. The molecule has 1 N–H and O–H groups in total. The van der Waals surface area contributed by atoms with Gasteiger partial charge in [0.2, 0.25) is 0 Å². The number of halogens is 1. The maximum absolute atomic E-state index is 12.8. The average molecular weight is 425 g/mol. The number of benzene rings is 2. The Morgan fingerprint density at radius 3 is 2.48 bits per heavy atom. The Labute approximate surface area is 185 Å². The molecule has 2 aromatic rings. The van der Waals surface area contributed by atoms with Crippen molar-refractivity contribution in [3.8, 4) is 16.9 Å². The van der Waals surface area contributed by atoms with E-state index in [-0.39, 0.29) is 5.41 Å². The van der Waals surface area contributed by atoms with Crippen LogP contribution in [0, 0.1) is 0 Å². The molecule has 0 aliphatic heterocycles. The molecule has 0 amide bonds. The lowest BCUT2D eigenvalue weighted by atomic mass is 9.82. The zero-order valence-electron chi connectivity index (χ0n) is 19.2. The number of aliphatic carboxylic acids is 1. The van der Waals surface area contributed by atoms with Gasteiger partial charge in [0.15, 0.2) is 0 Å². The lowest BCUT2D eigenvalue weighted by molar-refractivity contribution is -0.131. The Morgan fingerprint density at radius 2 is 1.87 bits per heavy atom. The largest absolute Gasteiger partial charge is 0.493 e. The molecule has 0 atom stereocenters. The first-order chi connectivity index (χ1) is 14.7. The van der Waals surface area contributed by atoms with Gasteiger partial charge >= 0.3 is 5.97 Å². The van der Waals surface area contributed by atoms with E-state index in [9.17, 15) is 9.18 Å². The second-order valence-corrected chi connectivity index (χ2v) is 8.66. The Bertz CT molecular complexity index is 965. The van der Waals surface area contributed by atoms with E-state index in [1.807, 2.05) is 30.3 Å². The molecular weight excluding hydrogens is 391 g/mol. The molecule has 0 fully saturated rings. The predicted octanol–water partition coefficient (Wildman–Crippen LogP) is 7.00. The molecule has 0 spiro atoms. The van der Waals surface area contributed by atoms with Crippen molar-refractivity contribution < 1.29 is 19.0 Å². The molecule has 2 aromatic carbocycles. The summed E-state index contributed by atoms with van der Waals surface area (Å²) < 4.78 is 18.9. The SMILES string of the molecule is CCc1cc(-c2ccccc2/C=C/C(C)=C/C(=O)O)c(OCCCF)c(C(C)(C)C)c1. The van der Waals surface area contributed by atoms with E-state index in [0.29, 0.717) is 18.6 Å². The molecule has 2 rings (SSSR count). The zero-order chi connectivity index (χ0) is 23.0. The number of aryl methyl sites for hydroxylation is 1. The van der Waals surface area contributed by atoms with Crippen molar-refractivity contribution in [1.29, 1.82) is 0 Å². The number of rotatable bonds is 9. The van der Waals surface area contributed by atoms with Gasteiger partial charge in [0.05, 0.1) is 13.3 Å². The molecule has 0 unspecified atom stereocenters. The van der Waals surface area contributed by atoms with Gasteiger partial charge in [-0.05, 0) is 47.1 Å². The first-order valence-corrected chi connectivity index (χ1v) is 10.7.